The standard InChI is InChI=1S/C13H19N3O2/c1-15-7-8-16(10-13(18)14-6-9-17)12-5-3-2-4-11(12)15/h2-5,17H,6-10H2,1H3,(H,14,18). The molecule has 0 spiro atoms. The number of rotatable bonds is 4. The number of anilines is 2. The maximum absolute atomic E-state index is 11.7. The molecule has 5 heteroatoms. The summed E-state index contributed by atoms with van der Waals surface area (Å²) in [6.07, 6.45) is 0. The van der Waals surface area contributed by atoms with Crippen LogP contribution in [0, 0.1) is 0 Å². The fourth-order valence-corrected chi connectivity index (χ4v) is 2.15. The molecule has 0 fully saturated rings. The largest absolute Gasteiger partial charge is 0.395 e. The Morgan fingerprint density at radius 3 is 2.78 bits per heavy atom. The Hall–Kier alpha value is -1.75. The van der Waals surface area contributed by atoms with Gasteiger partial charge in [-0.2, -0.15) is 0 Å². The fourth-order valence-electron chi connectivity index (χ4n) is 2.15. The number of benzene rings is 1. The number of carbonyl (C=O) groups is 1. The molecule has 1 aliphatic rings. The van der Waals surface area contributed by atoms with Crippen LogP contribution in [0.4, 0.5) is 11.4 Å². The molecule has 2 rings (SSSR count). The van der Waals surface area contributed by atoms with Crippen LogP contribution in [0.5, 0.6) is 0 Å². The molecule has 0 bridgehead atoms. The highest BCUT2D eigenvalue weighted by atomic mass is 16.3. The summed E-state index contributed by atoms with van der Waals surface area (Å²) in [4.78, 5) is 15.9. The number of amides is 1. The van der Waals surface area contributed by atoms with E-state index in [9.17, 15) is 4.79 Å². The minimum absolute atomic E-state index is 0.0228. The van der Waals surface area contributed by atoms with Crippen molar-refractivity contribution in [3.8, 4) is 0 Å². The van der Waals surface area contributed by atoms with Crippen molar-refractivity contribution >= 4 is 17.3 Å². The molecule has 98 valence electrons. The van der Waals surface area contributed by atoms with Crippen LogP contribution in [0.1, 0.15) is 0 Å². The molecule has 0 saturated carbocycles. The second kappa shape index (κ2) is 5.73. The SMILES string of the molecule is CN1CCN(CC(=O)NCCO)c2ccccc21. The fraction of sp³-hybridized carbons (Fsp3) is 0.462. The van der Waals surface area contributed by atoms with Gasteiger partial charge in [-0.25, -0.2) is 0 Å². The molecule has 0 unspecified atom stereocenters. The summed E-state index contributed by atoms with van der Waals surface area (Å²) in [6, 6.07) is 8.08. The molecule has 2 N–H and O–H groups in total. The second-order valence-electron chi connectivity index (χ2n) is 4.41. The predicted molar refractivity (Wildman–Crippen MR) is 72.0 cm³/mol. The molecule has 1 aromatic rings. The molecule has 1 amide bonds. The third-order valence-electron chi connectivity index (χ3n) is 3.11. The monoisotopic (exact) mass is 249 g/mol. The van der Waals surface area contributed by atoms with E-state index in [0.29, 0.717) is 13.1 Å². The van der Waals surface area contributed by atoms with E-state index in [-0.39, 0.29) is 12.5 Å². The van der Waals surface area contributed by atoms with Crippen molar-refractivity contribution < 1.29 is 9.90 Å². The van der Waals surface area contributed by atoms with Crippen LogP contribution in [0.2, 0.25) is 0 Å². The van der Waals surface area contributed by atoms with Gasteiger partial charge in [-0.05, 0) is 12.1 Å². The lowest BCUT2D eigenvalue weighted by Gasteiger charge is -2.36. The van der Waals surface area contributed by atoms with Crippen molar-refractivity contribution in [2.75, 3.05) is 49.6 Å². The van der Waals surface area contributed by atoms with E-state index in [2.05, 4.69) is 28.2 Å². The summed E-state index contributed by atoms with van der Waals surface area (Å²) in [7, 11) is 2.06. The van der Waals surface area contributed by atoms with Crippen molar-refractivity contribution in [2.45, 2.75) is 0 Å². The van der Waals surface area contributed by atoms with Crippen LogP contribution in [-0.2, 0) is 4.79 Å². The summed E-state index contributed by atoms with van der Waals surface area (Å²) in [5.74, 6) is -0.0524. The molecule has 0 saturated heterocycles. The smallest absolute Gasteiger partial charge is 0.239 e. The summed E-state index contributed by atoms with van der Waals surface area (Å²) in [5.41, 5.74) is 2.24. The summed E-state index contributed by atoms with van der Waals surface area (Å²) < 4.78 is 0. The van der Waals surface area contributed by atoms with Gasteiger partial charge in [0.25, 0.3) is 0 Å². The first-order valence-electron chi connectivity index (χ1n) is 6.15. The van der Waals surface area contributed by atoms with E-state index < -0.39 is 0 Å². The van der Waals surface area contributed by atoms with Crippen molar-refractivity contribution in [1.82, 2.24) is 5.32 Å². The Bertz CT molecular complexity index is 422. The van der Waals surface area contributed by atoms with Gasteiger partial charge in [0.15, 0.2) is 0 Å². The van der Waals surface area contributed by atoms with Gasteiger partial charge in [-0.3, -0.25) is 4.79 Å². The number of aliphatic hydroxyl groups is 1. The number of likely N-dealkylation sites (N-methyl/N-ethyl adjacent to an activating group) is 1. The minimum Gasteiger partial charge on any atom is -0.395 e. The van der Waals surface area contributed by atoms with Crippen LogP contribution in [0.15, 0.2) is 24.3 Å². The van der Waals surface area contributed by atoms with Crippen molar-refractivity contribution in [1.29, 1.82) is 0 Å². The number of aliphatic hydroxyl groups excluding tert-OH is 1. The van der Waals surface area contributed by atoms with Gasteiger partial charge < -0.3 is 20.2 Å². The minimum atomic E-state index is -0.0524. The zero-order valence-electron chi connectivity index (χ0n) is 10.6. The highest BCUT2D eigenvalue weighted by Gasteiger charge is 2.21. The zero-order valence-corrected chi connectivity index (χ0v) is 10.6. The molecule has 1 aromatic carbocycles. The van der Waals surface area contributed by atoms with Crippen LogP contribution in [0.25, 0.3) is 0 Å². The Labute approximate surface area is 107 Å². The predicted octanol–water partition coefficient (Wildman–Crippen LogP) is 0.0513. The molecule has 1 heterocycles. The molecule has 0 radical (unpaired) electrons. The first kappa shape index (κ1) is 12.7. The van der Waals surface area contributed by atoms with E-state index in [1.165, 1.54) is 0 Å². The van der Waals surface area contributed by atoms with Crippen molar-refractivity contribution in [3.63, 3.8) is 0 Å². The van der Waals surface area contributed by atoms with E-state index in [1.807, 2.05) is 18.2 Å². The number of hydrogen-bond donors (Lipinski definition) is 2. The summed E-state index contributed by atoms with van der Waals surface area (Å²) in [6.45, 7) is 2.37. The zero-order chi connectivity index (χ0) is 13.0. The van der Waals surface area contributed by atoms with Crippen LogP contribution >= 0.6 is 0 Å². The van der Waals surface area contributed by atoms with Crippen molar-refractivity contribution in [3.05, 3.63) is 24.3 Å². The van der Waals surface area contributed by atoms with E-state index in [4.69, 9.17) is 5.11 Å². The number of fused-ring (bicyclic) bond motifs is 1. The van der Waals surface area contributed by atoms with E-state index >= 15 is 0 Å². The van der Waals surface area contributed by atoms with Crippen molar-refractivity contribution in [2.24, 2.45) is 0 Å². The maximum Gasteiger partial charge on any atom is 0.239 e. The third-order valence-corrected chi connectivity index (χ3v) is 3.11. The second-order valence-corrected chi connectivity index (χ2v) is 4.41. The van der Waals surface area contributed by atoms with Gasteiger partial charge in [0.1, 0.15) is 0 Å². The molecular weight excluding hydrogens is 230 g/mol. The third kappa shape index (κ3) is 2.73. The Balaban J connectivity index is 2.07. The average Bonchev–Trinajstić information content (AvgIpc) is 2.40. The normalized spacial score (nSPS) is 14.3. The van der Waals surface area contributed by atoms with Gasteiger partial charge >= 0.3 is 0 Å². The lowest BCUT2D eigenvalue weighted by atomic mass is 10.1. The number of hydrogen-bond acceptors (Lipinski definition) is 4. The highest BCUT2D eigenvalue weighted by Crippen LogP contribution is 2.31. The Morgan fingerprint density at radius 2 is 2.06 bits per heavy atom. The van der Waals surface area contributed by atoms with Gasteiger partial charge in [-0.15, -0.1) is 0 Å². The maximum atomic E-state index is 11.7. The lowest BCUT2D eigenvalue weighted by Crippen LogP contribution is -2.44. The molecule has 5 nitrogen and oxygen atoms in total. The molecule has 0 aromatic heterocycles. The molecule has 18 heavy (non-hydrogen) atoms. The molecule has 1 aliphatic heterocycles. The number of para-hydroxylation sites is 2. The first-order valence-corrected chi connectivity index (χ1v) is 6.15. The van der Waals surface area contributed by atoms with Crippen LogP contribution < -0.4 is 15.1 Å². The number of carbonyl (C=O) groups excluding carboxylic acids is 1. The highest BCUT2D eigenvalue weighted by molar-refractivity contribution is 5.84. The number of nitrogens with one attached hydrogen (secondary N) is 1. The van der Waals surface area contributed by atoms with Crippen LogP contribution in [0.3, 0.4) is 0 Å². The lowest BCUT2D eigenvalue weighted by molar-refractivity contribution is -0.119. The summed E-state index contributed by atoms with van der Waals surface area (Å²) in [5, 5.41) is 11.4. The van der Waals surface area contributed by atoms with Gasteiger partial charge in [0.2, 0.25) is 5.91 Å². The van der Waals surface area contributed by atoms with Gasteiger partial charge in [0.05, 0.1) is 24.5 Å². The van der Waals surface area contributed by atoms with Gasteiger partial charge in [0, 0.05) is 26.7 Å². The van der Waals surface area contributed by atoms with Gasteiger partial charge in [-0.1, -0.05) is 12.1 Å². The van der Waals surface area contributed by atoms with E-state index in [0.717, 1.165) is 24.5 Å². The van der Waals surface area contributed by atoms with Crippen LogP contribution in [-0.4, -0.2) is 50.8 Å². The average molecular weight is 249 g/mol. The molecule has 0 atom stereocenters. The van der Waals surface area contributed by atoms with E-state index in [1.54, 1.807) is 0 Å². The number of nitrogens with zero attached hydrogens (tertiary/aromatic N) is 2. The summed E-state index contributed by atoms with van der Waals surface area (Å²) >= 11 is 0. The first-order chi connectivity index (χ1) is 8.72. The quantitative estimate of drug-likeness (QED) is 0.792. The Morgan fingerprint density at radius 1 is 1.33 bits per heavy atom. The molecule has 0 aliphatic carbocycles. The molecular formula is C13H19N3O2. The topological polar surface area (TPSA) is 55.8 Å². The Kier molecular flexibility index (Phi) is 4.04.